The molecule has 184 valence electrons. The third-order valence-corrected chi connectivity index (χ3v) is 7.25. The number of amides is 1. The lowest BCUT2D eigenvalue weighted by atomic mass is 9.93. The molecule has 1 atom stereocenters. The minimum Gasteiger partial charge on any atom is -0.457 e. The highest BCUT2D eigenvalue weighted by atomic mass is 19.2. The number of hydrogen-bond donors (Lipinski definition) is 1. The monoisotopic (exact) mass is 487 g/mol. The molecule has 1 amide bonds. The van der Waals surface area contributed by atoms with Gasteiger partial charge in [-0.1, -0.05) is 31.2 Å². The van der Waals surface area contributed by atoms with Gasteiger partial charge in [0.15, 0.2) is 11.5 Å². The van der Waals surface area contributed by atoms with Crippen molar-refractivity contribution < 1.29 is 28.2 Å². The fraction of sp³-hybridized carbons (Fsp3) is 0.310. The number of ether oxygens (including phenoxy) is 3. The topological polar surface area (TPSA) is 73.9 Å². The van der Waals surface area contributed by atoms with Crippen molar-refractivity contribution in [1.29, 1.82) is 0 Å². The molecule has 0 bridgehead atoms. The third-order valence-electron chi connectivity index (χ3n) is 7.25. The summed E-state index contributed by atoms with van der Waals surface area (Å²) >= 11 is 0. The van der Waals surface area contributed by atoms with Gasteiger partial charge in [-0.3, -0.25) is 4.79 Å². The number of esters is 1. The van der Waals surface area contributed by atoms with Gasteiger partial charge in [-0.2, -0.15) is 4.39 Å². The number of halogens is 1. The fourth-order valence-electron chi connectivity index (χ4n) is 5.03. The van der Waals surface area contributed by atoms with Gasteiger partial charge in [0.2, 0.25) is 5.91 Å². The molecular formula is C29H26FNO5. The highest BCUT2D eigenvalue weighted by molar-refractivity contribution is 6.02. The first kappa shape index (κ1) is 22.6. The van der Waals surface area contributed by atoms with E-state index in [-0.39, 0.29) is 18.3 Å². The van der Waals surface area contributed by atoms with E-state index in [1.165, 1.54) is 0 Å². The minimum atomic E-state index is -2.15. The number of hydrogen-bond acceptors (Lipinski definition) is 5. The first-order valence-electron chi connectivity index (χ1n) is 12.2. The molecule has 7 heteroatoms. The van der Waals surface area contributed by atoms with E-state index in [0.29, 0.717) is 48.6 Å². The maximum Gasteiger partial charge on any atom is 0.407 e. The maximum atomic E-state index is 14.8. The van der Waals surface area contributed by atoms with Crippen molar-refractivity contribution in [2.45, 2.75) is 57.6 Å². The molecular weight excluding hydrogens is 461 g/mol. The number of fused-ring (bicyclic) bond motifs is 2. The van der Waals surface area contributed by atoms with Crippen molar-refractivity contribution >= 4 is 17.6 Å². The van der Waals surface area contributed by atoms with Crippen LogP contribution in [-0.2, 0) is 21.6 Å². The predicted octanol–water partition coefficient (Wildman–Crippen LogP) is 6.20. The van der Waals surface area contributed by atoms with Crippen molar-refractivity contribution in [2.24, 2.45) is 0 Å². The first-order valence-corrected chi connectivity index (χ1v) is 12.2. The van der Waals surface area contributed by atoms with Crippen molar-refractivity contribution in [3.63, 3.8) is 0 Å². The van der Waals surface area contributed by atoms with Crippen molar-refractivity contribution in [2.75, 3.05) is 5.32 Å². The number of aryl methyl sites for hydroxylation is 1. The lowest BCUT2D eigenvalue weighted by Crippen LogP contribution is -2.32. The Balaban J connectivity index is 1.24. The molecule has 2 aliphatic heterocycles. The van der Waals surface area contributed by atoms with Gasteiger partial charge in [-0.25, -0.2) is 4.79 Å². The van der Waals surface area contributed by atoms with E-state index in [9.17, 15) is 14.0 Å². The molecule has 3 aromatic rings. The summed E-state index contributed by atoms with van der Waals surface area (Å²) in [6, 6.07) is 14.5. The van der Waals surface area contributed by atoms with Crippen LogP contribution in [0.1, 0.15) is 59.7 Å². The molecule has 1 saturated carbocycles. The molecule has 3 aliphatic rings. The van der Waals surface area contributed by atoms with Gasteiger partial charge in [0, 0.05) is 11.3 Å². The van der Waals surface area contributed by atoms with E-state index in [4.69, 9.17) is 14.2 Å². The van der Waals surface area contributed by atoms with Gasteiger partial charge in [0.05, 0.1) is 17.4 Å². The van der Waals surface area contributed by atoms with Crippen LogP contribution in [0.5, 0.6) is 11.5 Å². The second-order valence-electron chi connectivity index (χ2n) is 9.79. The molecule has 2 heterocycles. The Hall–Kier alpha value is -3.87. The molecule has 6 nitrogen and oxygen atoms in total. The Morgan fingerprint density at radius 1 is 1.00 bits per heavy atom. The quantitative estimate of drug-likeness (QED) is 0.419. The normalized spacial score (nSPS) is 20.6. The second kappa shape index (κ2) is 8.08. The minimum absolute atomic E-state index is 0.117. The van der Waals surface area contributed by atoms with Crippen LogP contribution in [0.15, 0.2) is 54.6 Å². The van der Waals surface area contributed by atoms with E-state index in [1.807, 2.05) is 56.3 Å². The molecule has 1 unspecified atom stereocenters. The average Bonchev–Trinajstić information content (AvgIpc) is 3.50. The molecule has 1 aliphatic carbocycles. The fourth-order valence-corrected chi connectivity index (χ4v) is 5.03. The largest absolute Gasteiger partial charge is 0.457 e. The Kier molecular flexibility index (Phi) is 5.07. The van der Waals surface area contributed by atoms with Gasteiger partial charge in [0.1, 0.15) is 6.61 Å². The summed E-state index contributed by atoms with van der Waals surface area (Å²) in [5.41, 5.74) is 5.07. The SMILES string of the molecule is CCCC1(F)Oc2ccc(C3(C(=O)Nc4ccc(C)c(-c5ccc6c(c5)C(=O)OC6)c4)CC3)cc2O1. The summed E-state index contributed by atoms with van der Waals surface area (Å²) < 4.78 is 30.7. The molecule has 6 rings (SSSR count). The highest BCUT2D eigenvalue weighted by Gasteiger charge is 2.52. The molecule has 0 aromatic heterocycles. The van der Waals surface area contributed by atoms with Gasteiger partial charge in [0.25, 0.3) is 0 Å². The standard InChI is InChI=1S/C29H26FNO5/c1-3-10-29(30)35-24-9-7-20(14-25(24)36-29)28(11-12-28)27(33)31-21-8-4-17(2)22(15-21)18-5-6-19-16-34-26(32)23(19)13-18/h4-9,13-15H,3,10-12,16H2,1-2H3,(H,31,33). The molecule has 3 aromatic carbocycles. The van der Waals surface area contributed by atoms with E-state index >= 15 is 0 Å². The van der Waals surface area contributed by atoms with Crippen molar-refractivity contribution in [3.8, 4) is 22.6 Å². The van der Waals surface area contributed by atoms with Crippen LogP contribution in [0, 0.1) is 6.92 Å². The lowest BCUT2D eigenvalue weighted by molar-refractivity contribution is -0.194. The number of carbonyl (C=O) groups excluding carboxylic acids is 2. The number of rotatable bonds is 6. The van der Waals surface area contributed by atoms with Crippen LogP contribution in [0.4, 0.5) is 10.1 Å². The summed E-state index contributed by atoms with van der Waals surface area (Å²) in [6.45, 7) is 4.15. The summed E-state index contributed by atoms with van der Waals surface area (Å²) in [5.74, 6) is 0.254. The molecule has 0 radical (unpaired) electrons. The Labute approximate surface area is 208 Å². The predicted molar refractivity (Wildman–Crippen MR) is 132 cm³/mol. The average molecular weight is 488 g/mol. The van der Waals surface area contributed by atoms with E-state index in [0.717, 1.165) is 27.8 Å². The number of alkyl halides is 1. The molecule has 36 heavy (non-hydrogen) atoms. The smallest absolute Gasteiger partial charge is 0.407 e. The zero-order valence-corrected chi connectivity index (χ0v) is 20.2. The van der Waals surface area contributed by atoms with Crippen LogP contribution in [0.3, 0.4) is 0 Å². The van der Waals surface area contributed by atoms with Crippen LogP contribution in [0.25, 0.3) is 11.1 Å². The zero-order chi connectivity index (χ0) is 25.1. The van der Waals surface area contributed by atoms with E-state index in [2.05, 4.69) is 5.32 Å². The number of benzene rings is 3. The van der Waals surface area contributed by atoms with Gasteiger partial charge in [-0.15, -0.1) is 0 Å². The van der Waals surface area contributed by atoms with Crippen LogP contribution in [0.2, 0.25) is 0 Å². The summed E-state index contributed by atoms with van der Waals surface area (Å²) in [5, 5.41) is 3.07. The highest BCUT2D eigenvalue weighted by Crippen LogP contribution is 2.52. The van der Waals surface area contributed by atoms with Gasteiger partial charge in [-0.05, 0) is 78.8 Å². The van der Waals surface area contributed by atoms with Crippen LogP contribution in [-0.4, -0.2) is 17.9 Å². The third kappa shape index (κ3) is 3.70. The van der Waals surface area contributed by atoms with Gasteiger partial charge >= 0.3 is 12.0 Å². The van der Waals surface area contributed by atoms with Gasteiger partial charge < -0.3 is 19.5 Å². The summed E-state index contributed by atoms with van der Waals surface area (Å²) in [7, 11) is 0. The van der Waals surface area contributed by atoms with Crippen molar-refractivity contribution in [1.82, 2.24) is 0 Å². The Morgan fingerprint density at radius 2 is 1.81 bits per heavy atom. The van der Waals surface area contributed by atoms with E-state index in [1.54, 1.807) is 12.1 Å². The molecule has 1 fully saturated rings. The molecule has 0 saturated heterocycles. The molecule has 0 spiro atoms. The Morgan fingerprint density at radius 3 is 2.58 bits per heavy atom. The zero-order valence-electron chi connectivity index (χ0n) is 20.2. The molecule has 1 N–H and O–H groups in total. The summed E-state index contributed by atoms with van der Waals surface area (Å²) in [6.07, 6.45) is 2.10. The number of nitrogens with one attached hydrogen (secondary N) is 1. The van der Waals surface area contributed by atoms with Crippen LogP contribution < -0.4 is 14.8 Å². The van der Waals surface area contributed by atoms with Crippen LogP contribution >= 0.6 is 0 Å². The Bertz CT molecular complexity index is 1410. The lowest BCUT2D eigenvalue weighted by Gasteiger charge is -2.18. The second-order valence-corrected chi connectivity index (χ2v) is 9.79. The first-order chi connectivity index (χ1) is 17.3. The number of cyclic esters (lactones) is 1. The summed E-state index contributed by atoms with van der Waals surface area (Å²) in [4.78, 5) is 25.5. The number of anilines is 1. The number of carbonyl (C=O) groups is 2. The van der Waals surface area contributed by atoms with Crippen molar-refractivity contribution in [3.05, 3.63) is 76.9 Å². The maximum absolute atomic E-state index is 14.8. The van der Waals surface area contributed by atoms with E-state index < -0.39 is 11.5 Å².